The molecule has 0 radical (unpaired) electrons. The number of likely N-dealkylation sites (tertiary alicyclic amines) is 1. The van der Waals surface area contributed by atoms with Crippen molar-refractivity contribution in [3.63, 3.8) is 0 Å². The normalized spacial score (nSPS) is 22.4. The van der Waals surface area contributed by atoms with E-state index >= 15 is 0 Å². The highest BCUT2D eigenvalue weighted by Gasteiger charge is 2.50. The molecule has 3 aliphatic rings. The minimum Gasteiger partial charge on any atom is -0.494 e. The number of hydrogen-bond donors (Lipinski definition) is 2. The summed E-state index contributed by atoms with van der Waals surface area (Å²) in [7, 11) is 3.71. The summed E-state index contributed by atoms with van der Waals surface area (Å²) in [4.78, 5) is 20.7. The smallest absolute Gasteiger partial charge is 0.254 e. The van der Waals surface area contributed by atoms with Crippen molar-refractivity contribution < 1.29 is 9.53 Å². The van der Waals surface area contributed by atoms with E-state index in [0.717, 1.165) is 48.0 Å². The first kappa shape index (κ1) is 26.4. The van der Waals surface area contributed by atoms with E-state index in [1.165, 1.54) is 42.3 Å². The summed E-state index contributed by atoms with van der Waals surface area (Å²) in [5, 5.41) is 4.85. The predicted octanol–water partition coefficient (Wildman–Crippen LogP) is 5.63. The fraction of sp³-hybridized carbons (Fsp3) is 0.515. The fourth-order valence-electron chi connectivity index (χ4n) is 6.75. The van der Waals surface area contributed by atoms with Gasteiger partial charge in [-0.15, -0.1) is 0 Å². The quantitative estimate of drug-likeness (QED) is 0.265. The molecule has 216 valence electrons. The van der Waals surface area contributed by atoms with Gasteiger partial charge in [0.2, 0.25) is 0 Å². The Hall–Kier alpha value is -3.52. The number of imidazole rings is 1. The van der Waals surface area contributed by atoms with Crippen molar-refractivity contribution in [1.82, 2.24) is 19.0 Å². The Balaban J connectivity index is 1.28. The number of anilines is 1. The van der Waals surface area contributed by atoms with Gasteiger partial charge < -0.3 is 29.8 Å². The third-order valence-electron chi connectivity index (χ3n) is 10.2. The number of ether oxygens (including phenoxy) is 1. The van der Waals surface area contributed by atoms with E-state index in [9.17, 15) is 4.79 Å². The van der Waals surface area contributed by atoms with E-state index < -0.39 is 0 Å². The molecule has 1 amide bonds. The summed E-state index contributed by atoms with van der Waals surface area (Å²) in [6, 6.07) is 12.9. The number of amides is 1. The van der Waals surface area contributed by atoms with Crippen molar-refractivity contribution in [2.75, 3.05) is 32.1 Å². The Kier molecular flexibility index (Phi) is 6.30. The molecule has 3 fully saturated rings. The van der Waals surface area contributed by atoms with E-state index in [2.05, 4.69) is 52.6 Å². The van der Waals surface area contributed by atoms with Crippen LogP contribution in [0.15, 0.2) is 36.4 Å². The van der Waals surface area contributed by atoms with Crippen LogP contribution in [0.25, 0.3) is 33.5 Å². The number of nitrogens with two attached hydrogens (primary N) is 1. The Morgan fingerprint density at radius 2 is 1.93 bits per heavy atom. The lowest BCUT2D eigenvalue weighted by atomic mass is 9.70. The Labute approximate surface area is 241 Å². The molecule has 1 unspecified atom stereocenters. The molecule has 8 nitrogen and oxygen atoms in total. The van der Waals surface area contributed by atoms with Crippen LogP contribution in [0.4, 0.5) is 5.69 Å². The molecule has 8 heteroatoms. The maximum absolute atomic E-state index is 13.6. The van der Waals surface area contributed by atoms with Gasteiger partial charge in [-0.3, -0.25) is 4.79 Å². The Morgan fingerprint density at radius 3 is 2.59 bits per heavy atom. The molecule has 41 heavy (non-hydrogen) atoms. The summed E-state index contributed by atoms with van der Waals surface area (Å²) in [5.74, 6) is 3.10. The molecule has 0 spiro atoms. The number of carbonyl (C=O) groups is 1. The molecule has 3 N–H and O–H groups in total. The number of rotatable bonds is 10. The summed E-state index contributed by atoms with van der Waals surface area (Å²) in [6.07, 6.45) is 6.20. The molecule has 1 aliphatic heterocycles. The third-order valence-corrected chi connectivity index (χ3v) is 10.2. The van der Waals surface area contributed by atoms with Crippen LogP contribution in [-0.4, -0.2) is 57.7 Å². The monoisotopic (exact) mass is 554 g/mol. The number of nitrogens with zero attached hydrogens (tertiary/aromatic N) is 4. The van der Waals surface area contributed by atoms with Crippen molar-refractivity contribution in [2.24, 2.45) is 30.0 Å². The van der Waals surface area contributed by atoms with E-state index in [0.29, 0.717) is 30.3 Å². The molecule has 2 saturated carbocycles. The van der Waals surface area contributed by atoms with Crippen LogP contribution in [0.2, 0.25) is 0 Å². The van der Waals surface area contributed by atoms with Crippen LogP contribution in [0.1, 0.15) is 56.3 Å². The first-order valence-electron chi connectivity index (χ1n) is 15.3. The molecular formula is C33H42N6O2. The van der Waals surface area contributed by atoms with Gasteiger partial charge in [-0.1, -0.05) is 6.92 Å². The second-order valence-electron chi connectivity index (χ2n) is 12.8. The third kappa shape index (κ3) is 4.38. The van der Waals surface area contributed by atoms with Crippen molar-refractivity contribution in [3.05, 3.63) is 42.0 Å². The first-order valence-corrected chi connectivity index (χ1v) is 15.3. The van der Waals surface area contributed by atoms with Crippen LogP contribution in [-0.2, 0) is 13.6 Å². The van der Waals surface area contributed by atoms with Crippen molar-refractivity contribution >= 4 is 33.5 Å². The summed E-state index contributed by atoms with van der Waals surface area (Å²) in [5.41, 5.74) is 11.9. The Bertz CT molecular complexity index is 1640. The van der Waals surface area contributed by atoms with Crippen molar-refractivity contribution in [3.8, 4) is 17.3 Å². The second-order valence-corrected chi connectivity index (χ2v) is 12.8. The molecule has 0 bridgehead atoms. The maximum atomic E-state index is 13.6. The SMILES string of the molecule is CC[C@@]1(CN)CN(C(=O)c2cc(OC)c3c(c2)nc(-c2cc4cc(NCC5CC5)ccc4n2CC2CC2)n3C)C1C. The number of methoxy groups -OCH3 is 1. The topological polar surface area (TPSA) is 90.3 Å². The van der Waals surface area contributed by atoms with Crippen LogP contribution in [0, 0.1) is 17.3 Å². The minimum atomic E-state index is 0.00423. The first-order chi connectivity index (χ1) is 19.9. The highest BCUT2D eigenvalue weighted by atomic mass is 16.5. The molecule has 2 aliphatic carbocycles. The lowest BCUT2D eigenvalue weighted by molar-refractivity contribution is -0.0403. The molecule has 4 aromatic rings. The average Bonchev–Trinajstić information content (AvgIpc) is 3.92. The zero-order valence-electron chi connectivity index (χ0n) is 24.7. The van der Waals surface area contributed by atoms with Gasteiger partial charge in [-0.05, 0) is 87.3 Å². The zero-order valence-corrected chi connectivity index (χ0v) is 24.7. The molecule has 1 saturated heterocycles. The number of hydrogen-bond acceptors (Lipinski definition) is 5. The van der Waals surface area contributed by atoms with Gasteiger partial charge in [0.1, 0.15) is 11.3 Å². The largest absolute Gasteiger partial charge is 0.494 e. The van der Waals surface area contributed by atoms with Crippen LogP contribution in [0.3, 0.4) is 0 Å². The van der Waals surface area contributed by atoms with E-state index in [-0.39, 0.29) is 17.4 Å². The van der Waals surface area contributed by atoms with Gasteiger partial charge >= 0.3 is 0 Å². The fourth-order valence-corrected chi connectivity index (χ4v) is 6.75. The minimum absolute atomic E-state index is 0.00423. The standard InChI is InChI=1S/C33H42N6O2/c1-5-33(18-34)19-39(20(33)2)32(40)24-13-26-30(29(15-24)41-4)37(3)31(36-26)28-14-23-12-25(35-16-21-6-7-21)10-11-27(23)38(28)17-22-8-9-22/h10-15,20-22,35H,5-9,16-19,34H2,1-4H3/t20?,33-/m1/s1. The van der Waals surface area contributed by atoms with Gasteiger partial charge in [0.15, 0.2) is 5.82 Å². The maximum Gasteiger partial charge on any atom is 0.254 e. The number of fused-ring (bicyclic) bond motifs is 2. The number of aromatic nitrogens is 3. The molecule has 7 rings (SSSR count). The number of benzene rings is 2. The van der Waals surface area contributed by atoms with E-state index in [1.54, 1.807) is 7.11 Å². The zero-order chi connectivity index (χ0) is 28.5. The molecule has 2 aromatic heterocycles. The predicted molar refractivity (Wildman–Crippen MR) is 164 cm³/mol. The lowest BCUT2D eigenvalue weighted by Crippen LogP contribution is -2.67. The van der Waals surface area contributed by atoms with Gasteiger partial charge in [-0.25, -0.2) is 4.98 Å². The Morgan fingerprint density at radius 1 is 1.15 bits per heavy atom. The van der Waals surface area contributed by atoms with Crippen LogP contribution in [0.5, 0.6) is 5.75 Å². The van der Waals surface area contributed by atoms with E-state index in [4.69, 9.17) is 15.5 Å². The van der Waals surface area contributed by atoms with E-state index in [1.807, 2.05) is 24.1 Å². The molecular weight excluding hydrogens is 512 g/mol. The van der Waals surface area contributed by atoms with Crippen LogP contribution >= 0.6 is 0 Å². The van der Waals surface area contributed by atoms with Gasteiger partial charge in [0, 0.05) is 66.8 Å². The highest BCUT2D eigenvalue weighted by Crippen LogP contribution is 2.42. The van der Waals surface area contributed by atoms with Crippen LogP contribution < -0.4 is 15.8 Å². The van der Waals surface area contributed by atoms with Gasteiger partial charge in [0.05, 0.1) is 18.3 Å². The second kappa shape index (κ2) is 9.79. The number of nitrogens with one attached hydrogen (secondary N) is 1. The molecule has 2 aromatic carbocycles. The van der Waals surface area contributed by atoms with Crippen molar-refractivity contribution in [2.45, 2.75) is 58.5 Å². The molecule has 3 heterocycles. The molecule has 2 atom stereocenters. The summed E-state index contributed by atoms with van der Waals surface area (Å²) < 4.78 is 10.4. The number of aryl methyl sites for hydroxylation is 1. The number of carbonyl (C=O) groups excluding carboxylic acids is 1. The van der Waals surface area contributed by atoms with Crippen molar-refractivity contribution in [1.29, 1.82) is 0 Å². The summed E-state index contributed by atoms with van der Waals surface area (Å²) >= 11 is 0. The van der Waals surface area contributed by atoms with Gasteiger partial charge in [0.25, 0.3) is 5.91 Å². The average molecular weight is 555 g/mol. The van der Waals surface area contributed by atoms with Gasteiger partial charge in [-0.2, -0.15) is 0 Å². The summed E-state index contributed by atoms with van der Waals surface area (Å²) in [6.45, 7) is 7.58. The lowest BCUT2D eigenvalue weighted by Gasteiger charge is -2.56. The highest BCUT2D eigenvalue weighted by molar-refractivity contribution is 6.01.